The van der Waals surface area contributed by atoms with Gasteiger partial charge in [-0.25, -0.2) is 4.39 Å². The van der Waals surface area contributed by atoms with Gasteiger partial charge in [0.05, 0.1) is 5.69 Å². The molecule has 1 aromatic carbocycles. The van der Waals surface area contributed by atoms with Gasteiger partial charge < -0.3 is 10.6 Å². The Balaban J connectivity index is 2.40. The third-order valence-corrected chi connectivity index (χ3v) is 3.90. The number of halogens is 1. The summed E-state index contributed by atoms with van der Waals surface area (Å²) in [6.07, 6.45) is 4.84. The molecule has 3 heteroatoms. The Hall–Kier alpha value is -1.09. The molecule has 1 unspecified atom stereocenters. The summed E-state index contributed by atoms with van der Waals surface area (Å²) >= 11 is 0. The first kappa shape index (κ1) is 13.3. The summed E-state index contributed by atoms with van der Waals surface area (Å²) in [6.45, 7) is 4.85. The lowest BCUT2D eigenvalue weighted by Crippen LogP contribution is -2.35. The second kappa shape index (κ2) is 5.70. The minimum Gasteiger partial charge on any atom is -0.366 e. The third-order valence-electron chi connectivity index (χ3n) is 3.90. The summed E-state index contributed by atoms with van der Waals surface area (Å²) in [4.78, 5) is 2.21. The quantitative estimate of drug-likeness (QED) is 0.884. The van der Waals surface area contributed by atoms with Crippen molar-refractivity contribution in [1.82, 2.24) is 0 Å². The molecule has 1 aliphatic rings. The summed E-state index contributed by atoms with van der Waals surface area (Å²) < 4.78 is 14.2. The molecule has 0 saturated heterocycles. The largest absolute Gasteiger partial charge is 0.366 e. The van der Waals surface area contributed by atoms with E-state index >= 15 is 0 Å². The smallest absolute Gasteiger partial charge is 0.146 e. The van der Waals surface area contributed by atoms with Gasteiger partial charge in [-0.2, -0.15) is 0 Å². The molecule has 1 aromatic rings. The van der Waals surface area contributed by atoms with Crippen LogP contribution in [0.25, 0.3) is 0 Å². The van der Waals surface area contributed by atoms with Crippen LogP contribution in [0.1, 0.15) is 51.1 Å². The lowest BCUT2D eigenvalue weighted by Gasteiger charge is -2.32. The number of hydrogen-bond acceptors (Lipinski definition) is 2. The molecule has 18 heavy (non-hydrogen) atoms. The fourth-order valence-electron chi connectivity index (χ4n) is 3.02. The minimum atomic E-state index is -0.140. The predicted molar refractivity (Wildman–Crippen MR) is 74.3 cm³/mol. The van der Waals surface area contributed by atoms with Gasteiger partial charge in [0.15, 0.2) is 0 Å². The molecule has 2 rings (SSSR count). The lowest BCUT2D eigenvalue weighted by atomic mass is 10.0. The number of nitrogens with two attached hydrogens (primary N) is 1. The van der Waals surface area contributed by atoms with Crippen molar-refractivity contribution in [2.24, 2.45) is 5.73 Å². The molecule has 1 fully saturated rings. The molecule has 2 N–H and O–H groups in total. The van der Waals surface area contributed by atoms with E-state index in [-0.39, 0.29) is 11.9 Å². The predicted octanol–water partition coefficient (Wildman–Crippen LogP) is 3.61. The highest BCUT2D eigenvalue weighted by atomic mass is 19.1. The molecule has 0 radical (unpaired) electrons. The van der Waals surface area contributed by atoms with E-state index in [1.165, 1.54) is 25.7 Å². The average molecular weight is 250 g/mol. The molecule has 0 aliphatic heterocycles. The van der Waals surface area contributed by atoms with Crippen LogP contribution >= 0.6 is 0 Å². The van der Waals surface area contributed by atoms with Gasteiger partial charge in [-0.05, 0) is 38.3 Å². The fourth-order valence-corrected chi connectivity index (χ4v) is 3.02. The van der Waals surface area contributed by atoms with Crippen LogP contribution in [0.2, 0.25) is 0 Å². The average Bonchev–Trinajstić information content (AvgIpc) is 2.85. The fraction of sp³-hybridized carbons (Fsp3) is 0.600. The van der Waals surface area contributed by atoms with Gasteiger partial charge in [0.25, 0.3) is 0 Å². The van der Waals surface area contributed by atoms with Crippen molar-refractivity contribution in [2.45, 2.75) is 51.6 Å². The molecule has 0 spiro atoms. The Labute approximate surface area is 109 Å². The SMILES string of the molecule is CCN(c1c(F)cccc1C(C)N)C1CCCC1. The zero-order chi connectivity index (χ0) is 13.1. The number of benzene rings is 1. The summed E-state index contributed by atoms with van der Waals surface area (Å²) in [5, 5.41) is 0. The Kier molecular flexibility index (Phi) is 4.23. The van der Waals surface area contributed by atoms with Gasteiger partial charge >= 0.3 is 0 Å². The minimum absolute atomic E-state index is 0.133. The molecule has 0 heterocycles. The maximum Gasteiger partial charge on any atom is 0.146 e. The maximum absolute atomic E-state index is 14.2. The Morgan fingerprint density at radius 3 is 2.61 bits per heavy atom. The molecule has 1 saturated carbocycles. The molecule has 1 atom stereocenters. The van der Waals surface area contributed by atoms with Crippen LogP contribution in [0.15, 0.2) is 18.2 Å². The number of anilines is 1. The zero-order valence-electron chi connectivity index (χ0n) is 11.3. The van der Waals surface area contributed by atoms with Crippen molar-refractivity contribution in [1.29, 1.82) is 0 Å². The number of nitrogens with zero attached hydrogens (tertiary/aromatic N) is 1. The summed E-state index contributed by atoms with van der Waals surface area (Å²) in [5.74, 6) is -0.140. The molecule has 0 amide bonds. The summed E-state index contributed by atoms with van der Waals surface area (Å²) in [7, 11) is 0. The summed E-state index contributed by atoms with van der Waals surface area (Å²) in [5.41, 5.74) is 7.63. The van der Waals surface area contributed by atoms with Gasteiger partial charge in [-0.3, -0.25) is 0 Å². The molecule has 0 aromatic heterocycles. The van der Waals surface area contributed by atoms with Crippen LogP contribution < -0.4 is 10.6 Å². The van der Waals surface area contributed by atoms with Gasteiger partial charge in [0.1, 0.15) is 5.82 Å². The maximum atomic E-state index is 14.2. The van der Waals surface area contributed by atoms with E-state index in [2.05, 4.69) is 11.8 Å². The van der Waals surface area contributed by atoms with E-state index in [1.54, 1.807) is 12.1 Å². The molecule has 1 aliphatic carbocycles. The van der Waals surface area contributed by atoms with Crippen LogP contribution in [0.4, 0.5) is 10.1 Å². The van der Waals surface area contributed by atoms with Gasteiger partial charge in [0.2, 0.25) is 0 Å². The van der Waals surface area contributed by atoms with Crippen LogP contribution in [0.5, 0.6) is 0 Å². The van der Waals surface area contributed by atoms with Crippen LogP contribution in [-0.4, -0.2) is 12.6 Å². The first-order valence-electron chi connectivity index (χ1n) is 6.95. The third kappa shape index (κ3) is 2.51. The van der Waals surface area contributed by atoms with E-state index in [0.29, 0.717) is 6.04 Å². The second-order valence-corrected chi connectivity index (χ2v) is 5.19. The van der Waals surface area contributed by atoms with Crippen molar-refractivity contribution >= 4 is 5.69 Å². The zero-order valence-corrected chi connectivity index (χ0v) is 11.3. The second-order valence-electron chi connectivity index (χ2n) is 5.19. The summed E-state index contributed by atoms with van der Waals surface area (Å²) in [6, 6.07) is 5.58. The molecular formula is C15H23FN2. The van der Waals surface area contributed by atoms with E-state index in [9.17, 15) is 4.39 Å². The van der Waals surface area contributed by atoms with E-state index in [1.807, 2.05) is 13.0 Å². The van der Waals surface area contributed by atoms with E-state index in [4.69, 9.17) is 5.73 Å². The highest BCUT2D eigenvalue weighted by Crippen LogP contribution is 2.34. The van der Waals surface area contributed by atoms with Crippen LogP contribution in [-0.2, 0) is 0 Å². The van der Waals surface area contributed by atoms with Crippen molar-refractivity contribution in [2.75, 3.05) is 11.4 Å². The first-order chi connectivity index (χ1) is 8.65. The van der Waals surface area contributed by atoms with Crippen LogP contribution in [0.3, 0.4) is 0 Å². The van der Waals surface area contributed by atoms with E-state index < -0.39 is 0 Å². The van der Waals surface area contributed by atoms with Crippen molar-refractivity contribution in [3.8, 4) is 0 Å². The topological polar surface area (TPSA) is 29.3 Å². The molecule has 0 bridgehead atoms. The normalized spacial score (nSPS) is 18.0. The number of hydrogen-bond donors (Lipinski definition) is 1. The van der Waals surface area contributed by atoms with E-state index in [0.717, 1.165) is 17.8 Å². The molecular weight excluding hydrogens is 227 g/mol. The lowest BCUT2D eigenvalue weighted by molar-refractivity contribution is 0.571. The Bertz CT molecular complexity index is 397. The van der Waals surface area contributed by atoms with Gasteiger partial charge in [-0.15, -0.1) is 0 Å². The molecule has 2 nitrogen and oxygen atoms in total. The van der Waals surface area contributed by atoms with Crippen LogP contribution in [0, 0.1) is 5.82 Å². The first-order valence-corrected chi connectivity index (χ1v) is 6.95. The van der Waals surface area contributed by atoms with Gasteiger partial charge in [-0.1, -0.05) is 25.0 Å². The van der Waals surface area contributed by atoms with Crippen molar-refractivity contribution < 1.29 is 4.39 Å². The Morgan fingerprint density at radius 2 is 2.06 bits per heavy atom. The Morgan fingerprint density at radius 1 is 1.39 bits per heavy atom. The van der Waals surface area contributed by atoms with Crippen molar-refractivity contribution in [3.63, 3.8) is 0 Å². The monoisotopic (exact) mass is 250 g/mol. The van der Waals surface area contributed by atoms with Gasteiger partial charge in [0, 0.05) is 18.6 Å². The number of rotatable bonds is 4. The van der Waals surface area contributed by atoms with Crippen molar-refractivity contribution in [3.05, 3.63) is 29.6 Å². The molecule has 100 valence electrons. The number of para-hydroxylation sites is 1. The highest BCUT2D eigenvalue weighted by molar-refractivity contribution is 5.57. The standard InChI is InChI=1S/C15H23FN2/c1-3-18(12-7-4-5-8-12)15-13(11(2)17)9-6-10-14(15)16/h6,9-12H,3-5,7-8,17H2,1-2H3. The highest BCUT2D eigenvalue weighted by Gasteiger charge is 2.26.